The van der Waals surface area contributed by atoms with Crippen LogP contribution in [0.3, 0.4) is 0 Å². The molecule has 0 saturated heterocycles. The minimum atomic E-state index is -0.0602. The Bertz CT molecular complexity index is 594. The van der Waals surface area contributed by atoms with Gasteiger partial charge in [0.1, 0.15) is 13.2 Å². The van der Waals surface area contributed by atoms with Gasteiger partial charge in [-0.05, 0) is 24.6 Å². The molecule has 1 aliphatic heterocycles. The van der Waals surface area contributed by atoms with Gasteiger partial charge in [-0.2, -0.15) is 0 Å². The summed E-state index contributed by atoms with van der Waals surface area (Å²) in [6, 6.07) is 10.3. The fourth-order valence-corrected chi connectivity index (χ4v) is 3.45. The van der Waals surface area contributed by atoms with Crippen LogP contribution in [0.15, 0.2) is 30.3 Å². The first-order valence-electron chi connectivity index (χ1n) is 6.99. The lowest BCUT2D eigenvalue weighted by molar-refractivity contribution is 0.169. The summed E-state index contributed by atoms with van der Waals surface area (Å²) in [5, 5.41) is 0. The second-order valence-electron chi connectivity index (χ2n) is 4.90. The van der Waals surface area contributed by atoms with Crippen molar-refractivity contribution in [3.8, 4) is 11.5 Å². The lowest BCUT2D eigenvalue weighted by Gasteiger charge is -2.23. The topological polar surface area (TPSA) is 44.5 Å². The number of thiophene rings is 1. The Labute approximate surface area is 123 Å². The largest absolute Gasteiger partial charge is 0.486 e. The molecule has 1 aromatic heterocycles. The van der Waals surface area contributed by atoms with E-state index in [9.17, 15) is 0 Å². The van der Waals surface area contributed by atoms with Gasteiger partial charge in [0.2, 0.25) is 0 Å². The van der Waals surface area contributed by atoms with Crippen molar-refractivity contribution in [1.82, 2.24) is 0 Å². The zero-order valence-corrected chi connectivity index (χ0v) is 12.4. The molecule has 0 amide bonds. The third-order valence-corrected chi connectivity index (χ3v) is 4.73. The first-order valence-corrected chi connectivity index (χ1v) is 7.81. The second-order valence-corrected chi connectivity index (χ2v) is 6.16. The minimum absolute atomic E-state index is 0.0602. The van der Waals surface area contributed by atoms with E-state index in [1.54, 1.807) is 0 Å². The van der Waals surface area contributed by atoms with Crippen molar-refractivity contribution in [3.63, 3.8) is 0 Å². The zero-order chi connectivity index (χ0) is 13.9. The predicted octanol–water partition coefficient (Wildman–Crippen LogP) is 3.32. The van der Waals surface area contributed by atoms with Crippen LogP contribution < -0.4 is 15.2 Å². The predicted molar refractivity (Wildman–Crippen MR) is 81.8 cm³/mol. The average molecular weight is 289 g/mol. The Hall–Kier alpha value is -1.52. The molecule has 1 aromatic carbocycles. The molecule has 0 spiro atoms. The Morgan fingerprint density at radius 2 is 1.95 bits per heavy atom. The lowest BCUT2D eigenvalue weighted by Crippen LogP contribution is -2.20. The highest BCUT2D eigenvalue weighted by Gasteiger charge is 2.20. The third kappa shape index (κ3) is 2.67. The number of para-hydroxylation sites is 1. The number of hydrogen-bond donors (Lipinski definition) is 1. The van der Waals surface area contributed by atoms with E-state index in [2.05, 4.69) is 19.1 Å². The van der Waals surface area contributed by atoms with Gasteiger partial charge >= 0.3 is 0 Å². The van der Waals surface area contributed by atoms with E-state index in [1.807, 2.05) is 29.5 Å². The fraction of sp³-hybridized carbons (Fsp3) is 0.375. The monoisotopic (exact) mass is 289 g/mol. The van der Waals surface area contributed by atoms with E-state index in [1.165, 1.54) is 9.75 Å². The highest BCUT2D eigenvalue weighted by Crippen LogP contribution is 2.37. The molecular weight excluding hydrogens is 270 g/mol. The summed E-state index contributed by atoms with van der Waals surface area (Å²) in [6.07, 6.45) is 1.92. The molecule has 2 aromatic rings. The Morgan fingerprint density at radius 1 is 1.15 bits per heavy atom. The molecule has 1 atom stereocenters. The molecule has 2 N–H and O–H groups in total. The van der Waals surface area contributed by atoms with E-state index in [0.29, 0.717) is 13.2 Å². The molecular formula is C16H19NO2S. The summed E-state index contributed by atoms with van der Waals surface area (Å²) in [6.45, 7) is 3.38. The molecule has 3 nitrogen and oxygen atoms in total. The fourth-order valence-electron chi connectivity index (χ4n) is 2.44. The van der Waals surface area contributed by atoms with Crippen molar-refractivity contribution < 1.29 is 9.47 Å². The first kappa shape index (κ1) is 13.5. The van der Waals surface area contributed by atoms with Crippen molar-refractivity contribution in [2.45, 2.75) is 25.8 Å². The zero-order valence-electron chi connectivity index (χ0n) is 11.6. The highest BCUT2D eigenvalue weighted by atomic mass is 32.1. The molecule has 2 heterocycles. The number of rotatable bonds is 4. The van der Waals surface area contributed by atoms with Crippen LogP contribution in [0.4, 0.5) is 0 Å². The van der Waals surface area contributed by atoms with Gasteiger partial charge in [0.15, 0.2) is 11.5 Å². The van der Waals surface area contributed by atoms with Crippen LogP contribution in [0.5, 0.6) is 11.5 Å². The Kier molecular flexibility index (Phi) is 3.94. The van der Waals surface area contributed by atoms with Gasteiger partial charge in [-0.25, -0.2) is 0 Å². The Balaban J connectivity index is 1.81. The van der Waals surface area contributed by atoms with E-state index in [4.69, 9.17) is 15.2 Å². The molecule has 3 rings (SSSR count). The molecule has 0 radical (unpaired) electrons. The maximum absolute atomic E-state index is 6.37. The van der Waals surface area contributed by atoms with Crippen LogP contribution in [-0.4, -0.2) is 13.2 Å². The van der Waals surface area contributed by atoms with Gasteiger partial charge in [0, 0.05) is 27.8 Å². The van der Waals surface area contributed by atoms with Crippen molar-refractivity contribution >= 4 is 11.3 Å². The van der Waals surface area contributed by atoms with Gasteiger partial charge in [0.25, 0.3) is 0 Å². The number of benzene rings is 1. The van der Waals surface area contributed by atoms with Gasteiger partial charge in [0.05, 0.1) is 0 Å². The van der Waals surface area contributed by atoms with Crippen LogP contribution in [0, 0.1) is 0 Å². The maximum Gasteiger partial charge on any atom is 0.166 e. The van der Waals surface area contributed by atoms with Gasteiger partial charge in [-0.15, -0.1) is 11.3 Å². The van der Waals surface area contributed by atoms with Crippen molar-refractivity contribution in [3.05, 3.63) is 45.6 Å². The van der Waals surface area contributed by atoms with E-state index >= 15 is 0 Å². The van der Waals surface area contributed by atoms with Crippen LogP contribution >= 0.6 is 11.3 Å². The van der Waals surface area contributed by atoms with Crippen LogP contribution in [0.25, 0.3) is 0 Å². The number of aryl methyl sites for hydroxylation is 1. The Morgan fingerprint density at radius 3 is 2.75 bits per heavy atom. The number of fused-ring (bicyclic) bond motifs is 1. The molecule has 4 heteroatoms. The molecule has 0 bridgehead atoms. The van der Waals surface area contributed by atoms with Crippen molar-refractivity contribution in [1.29, 1.82) is 0 Å². The molecule has 0 saturated carbocycles. The highest BCUT2D eigenvalue weighted by molar-refractivity contribution is 7.11. The van der Waals surface area contributed by atoms with Gasteiger partial charge < -0.3 is 15.2 Å². The van der Waals surface area contributed by atoms with Crippen molar-refractivity contribution in [2.24, 2.45) is 5.73 Å². The number of nitrogens with two attached hydrogens (primary N) is 1. The summed E-state index contributed by atoms with van der Waals surface area (Å²) in [4.78, 5) is 2.73. The van der Waals surface area contributed by atoms with Gasteiger partial charge in [-0.3, -0.25) is 0 Å². The van der Waals surface area contributed by atoms with Crippen LogP contribution in [0.2, 0.25) is 0 Å². The van der Waals surface area contributed by atoms with Crippen LogP contribution in [-0.2, 0) is 12.8 Å². The summed E-state index contributed by atoms with van der Waals surface area (Å²) >= 11 is 1.84. The lowest BCUT2D eigenvalue weighted by atomic mass is 10.0. The molecule has 0 aliphatic carbocycles. The van der Waals surface area contributed by atoms with Crippen LogP contribution in [0.1, 0.15) is 28.3 Å². The minimum Gasteiger partial charge on any atom is -0.486 e. The smallest absolute Gasteiger partial charge is 0.166 e. The normalized spacial score (nSPS) is 15.1. The molecule has 0 fully saturated rings. The average Bonchev–Trinajstić information content (AvgIpc) is 2.94. The maximum atomic E-state index is 6.37. The molecule has 106 valence electrons. The first-order chi connectivity index (χ1) is 9.78. The molecule has 1 aliphatic rings. The summed E-state index contributed by atoms with van der Waals surface area (Å²) < 4.78 is 11.3. The number of hydrogen-bond acceptors (Lipinski definition) is 4. The molecule has 20 heavy (non-hydrogen) atoms. The third-order valence-electron chi connectivity index (χ3n) is 3.48. The van der Waals surface area contributed by atoms with E-state index < -0.39 is 0 Å². The summed E-state index contributed by atoms with van der Waals surface area (Å²) in [5.74, 6) is 1.63. The molecule has 1 unspecified atom stereocenters. The van der Waals surface area contributed by atoms with E-state index in [-0.39, 0.29) is 6.04 Å². The SMILES string of the molecule is CCc1ccc(CC(N)c2cccc3c2OCCO3)s1. The summed E-state index contributed by atoms with van der Waals surface area (Å²) in [5.41, 5.74) is 7.41. The quantitative estimate of drug-likeness (QED) is 0.939. The number of ether oxygens (including phenoxy) is 2. The standard InChI is InChI=1S/C16H19NO2S/c1-2-11-6-7-12(20-11)10-14(17)13-4-3-5-15-16(13)19-9-8-18-15/h3-7,14H,2,8-10,17H2,1H3. The van der Waals surface area contributed by atoms with E-state index in [0.717, 1.165) is 29.9 Å². The van der Waals surface area contributed by atoms with Crippen molar-refractivity contribution in [2.75, 3.05) is 13.2 Å². The summed E-state index contributed by atoms with van der Waals surface area (Å²) in [7, 11) is 0. The van der Waals surface area contributed by atoms with Gasteiger partial charge in [-0.1, -0.05) is 19.1 Å². The second kappa shape index (κ2) is 5.85.